The Morgan fingerprint density at radius 2 is 1.88 bits per heavy atom. The van der Waals surface area contributed by atoms with E-state index in [1.807, 2.05) is 73.5 Å². The number of nitrogens with zero attached hydrogens (tertiary/aromatic N) is 5. The summed E-state index contributed by atoms with van der Waals surface area (Å²) >= 11 is 0. The molecule has 5 rings (SSSR count). The molecule has 9 heteroatoms. The summed E-state index contributed by atoms with van der Waals surface area (Å²) in [6.07, 6.45) is 10.8. The van der Waals surface area contributed by atoms with Crippen LogP contribution in [0.2, 0.25) is 0 Å². The van der Waals surface area contributed by atoms with Gasteiger partial charge in [0.2, 0.25) is 5.91 Å². The van der Waals surface area contributed by atoms with Gasteiger partial charge in [0.05, 0.1) is 17.6 Å². The Bertz CT molecular complexity index is 1500. The van der Waals surface area contributed by atoms with Gasteiger partial charge in [0.25, 0.3) is 0 Å². The maximum absolute atomic E-state index is 12.9. The highest BCUT2D eigenvalue weighted by Gasteiger charge is 2.23. The highest BCUT2D eigenvalue weighted by molar-refractivity contribution is 5.98. The lowest BCUT2D eigenvalue weighted by Crippen LogP contribution is -2.35. The van der Waals surface area contributed by atoms with E-state index in [4.69, 9.17) is 4.74 Å². The Morgan fingerprint density at radius 1 is 1.07 bits per heavy atom. The lowest BCUT2D eigenvalue weighted by atomic mass is 9.96. The minimum absolute atomic E-state index is 0.0329. The fourth-order valence-electron chi connectivity index (χ4n) is 4.72. The first kappa shape index (κ1) is 27.1. The summed E-state index contributed by atoms with van der Waals surface area (Å²) in [6.45, 7) is 8.57. The number of hydrogen-bond donors (Lipinski definition) is 2. The second-order valence-electron chi connectivity index (χ2n) is 10.4. The zero-order valence-electron chi connectivity index (χ0n) is 23.2. The third-order valence-corrected chi connectivity index (χ3v) is 7.06. The number of ether oxygens (including phenoxy) is 1. The fraction of sp³-hybridized carbons (Fsp3) is 0.290. The highest BCUT2D eigenvalue weighted by atomic mass is 16.5. The Kier molecular flexibility index (Phi) is 8.21. The molecular formula is C31H35N7O2. The fourth-order valence-corrected chi connectivity index (χ4v) is 4.72. The minimum Gasteiger partial charge on any atom is -0.457 e. The van der Waals surface area contributed by atoms with E-state index in [-0.39, 0.29) is 11.8 Å². The summed E-state index contributed by atoms with van der Waals surface area (Å²) in [7, 11) is 4.05. The molecule has 206 valence electrons. The van der Waals surface area contributed by atoms with Crippen LogP contribution in [0.3, 0.4) is 0 Å². The molecule has 2 aromatic carbocycles. The molecule has 0 unspecified atom stereocenters. The first-order chi connectivity index (χ1) is 19.3. The highest BCUT2D eigenvalue weighted by Crippen LogP contribution is 2.30. The van der Waals surface area contributed by atoms with Gasteiger partial charge >= 0.3 is 0 Å². The molecule has 0 saturated carbocycles. The molecule has 2 aliphatic rings. The summed E-state index contributed by atoms with van der Waals surface area (Å²) in [5.74, 6) is 2.16. The molecule has 2 aliphatic heterocycles. The van der Waals surface area contributed by atoms with Crippen molar-refractivity contribution in [3.8, 4) is 5.75 Å². The summed E-state index contributed by atoms with van der Waals surface area (Å²) in [5.41, 5.74) is 3.96. The lowest BCUT2D eigenvalue weighted by Gasteiger charge is -2.28. The number of carbonyl (C=O) groups excluding carboxylic acids is 1. The van der Waals surface area contributed by atoms with Crippen LogP contribution in [0.25, 0.3) is 10.9 Å². The van der Waals surface area contributed by atoms with Crippen molar-refractivity contribution in [3.63, 3.8) is 0 Å². The molecule has 2 N–H and O–H groups in total. The molecular weight excluding hydrogens is 502 g/mol. The van der Waals surface area contributed by atoms with Crippen LogP contribution in [0.5, 0.6) is 5.75 Å². The Labute approximate surface area is 235 Å². The first-order valence-electron chi connectivity index (χ1n) is 13.5. The molecule has 0 spiro atoms. The van der Waals surface area contributed by atoms with Crippen molar-refractivity contribution in [1.82, 2.24) is 19.8 Å². The number of nitrogens with one attached hydrogen (secondary N) is 2. The van der Waals surface area contributed by atoms with Crippen LogP contribution in [0.15, 0.2) is 84.0 Å². The average Bonchev–Trinajstić information content (AvgIpc) is 3.01. The monoisotopic (exact) mass is 537 g/mol. The number of aliphatic imine (C=N–C) groups is 1. The number of likely N-dealkylation sites (N-methyl/N-ethyl adjacent to an activating group) is 1. The Hall–Kier alpha value is -4.50. The quantitative estimate of drug-likeness (QED) is 0.442. The second-order valence-corrected chi connectivity index (χ2v) is 10.4. The van der Waals surface area contributed by atoms with Crippen LogP contribution in [-0.4, -0.2) is 65.7 Å². The normalized spacial score (nSPS) is 18.8. The van der Waals surface area contributed by atoms with E-state index in [2.05, 4.69) is 44.1 Å². The van der Waals surface area contributed by atoms with Crippen molar-refractivity contribution in [2.75, 3.05) is 44.4 Å². The predicted octanol–water partition coefficient (Wildman–Crippen LogP) is 5.27. The third-order valence-electron chi connectivity index (χ3n) is 7.06. The van der Waals surface area contributed by atoms with E-state index in [1.54, 1.807) is 6.34 Å². The molecule has 9 nitrogen and oxygen atoms in total. The van der Waals surface area contributed by atoms with Crippen LogP contribution in [0, 0.1) is 12.8 Å². The van der Waals surface area contributed by atoms with Gasteiger partial charge in [0.1, 0.15) is 23.7 Å². The van der Waals surface area contributed by atoms with Crippen LogP contribution in [-0.2, 0) is 4.79 Å². The molecule has 3 heterocycles. The molecule has 0 radical (unpaired) electrons. The van der Waals surface area contributed by atoms with Crippen molar-refractivity contribution in [2.45, 2.75) is 19.8 Å². The molecule has 40 heavy (non-hydrogen) atoms. The predicted molar refractivity (Wildman–Crippen MR) is 161 cm³/mol. The molecule has 0 atom stereocenters. The summed E-state index contributed by atoms with van der Waals surface area (Å²) in [6, 6.07) is 11.6. The summed E-state index contributed by atoms with van der Waals surface area (Å²) in [5, 5.41) is 7.34. The number of aromatic nitrogens is 2. The number of aryl methyl sites for hydroxylation is 1. The number of allylic oxidation sites excluding steroid dienone is 2. The number of fused-ring (bicyclic) bond motifs is 1. The standard InChI is InChI=1S/C31H35N7O2/c1-21-16-24(8-10-29(21)40-26-6-5-13-38(4)20-34-22(2)17-26)35-30-27-18-25(7-9-28(27)32-19-33-30)36-31(39)23-11-14-37(3)15-12-23/h5-10,16-20,23H,2,11-15H2,1,3-4H3,(H,36,39)(H,32,33,35)/b6-5-,26-17+,34-20?. The molecule has 3 aromatic rings. The van der Waals surface area contributed by atoms with Gasteiger partial charge in [0.15, 0.2) is 0 Å². The molecule has 1 fully saturated rings. The van der Waals surface area contributed by atoms with E-state index in [1.165, 1.54) is 6.33 Å². The van der Waals surface area contributed by atoms with Gasteiger partial charge < -0.3 is 25.2 Å². The van der Waals surface area contributed by atoms with E-state index in [0.717, 1.165) is 66.1 Å². The number of benzene rings is 2. The first-order valence-corrected chi connectivity index (χ1v) is 13.5. The zero-order valence-corrected chi connectivity index (χ0v) is 23.2. The van der Waals surface area contributed by atoms with E-state index >= 15 is 0 Å². The molecule has 0 aliphatic carbocycles. The number of likely N-dealkylation sites (tertiary alicyclic amines) is 1. The molecule has 1 aromatic heterocycles. The van der Waals surface area contributed by atoms with Gasteiger partial charge in [-0.1, -0.05) is 12.7 Å². The average molecular weight is 538 g/mol. The smallest absolute Gasteiger partial charge is 0.227 e. The summed E-state index contributed by atoms with van der Waals surface area (Å²) in [4.78, 5) is 30.3. The Balaban J connectivity index is 1.31. The maximum atomic E-state index is 12.9. The van der Waals surface area contributed by atoms with Gasteiger partial charge in [-0.05, 0) is 87.9 Å². The third kappa shape index (κ3) is 6.73. The van der Waals surface area contributed by atoms with Crippen molar-refractivity contribution >= 4 is 40.3 Å². The lowest BCUT2D eigenvalue weighted by molar-refractivity contribution is -0.121. The molecule has 1 amide bonds. The van der Waals surface area contributed by atoms with E-state index in [9.17, 15) is 4.79 Å². The van der Waals surface area contributed by atoms with Crippen LogP contribution in [0.4, 0.5) is 17.2 Å². The number of anilines is 3. The van der Waals surface area contributed by atoms with Gasteiger partial charge in [-0.25, -0.2) is 15.0 Å². The van der Waals surface area contributed by atoms with Gasteiger partial charge in [-0.2, -0.15) is 0 Å². The summed E-state index contributed by atoms with van der Waals surface area (Å²) < 4.78 is 6.19. The maximum Gasteiger partial charge on any atom is 0.227 e. The van der Waals surface area contributed by atoms with Crippen LogP contribution >= 0.6 is 0 Å². The number of piperidine rings is 1. The molecule has 0 bridgehead atoms. The van der Waals surface area contributed by atoms with Crippen LogP contribution in [0.1, 0.15) is 18.4 Å². The largest absolute Gasteiger partial charge is 0.457 e. The Morgan fingerprint density at radius 3 is 2.67 bits per heavy atom. The number of amides is 1. The van der Waals surface area contributed by atoms with Gasteiger partial charge in [0, 0.05) is 42.3 Å². The SMILES string of the molecule is C=C1/C=C(Oc2ccc(Nc3ncnc4ccc(NC(=O)C5CCN(C)CC5)cc34)cc2C)\C=C/CN(C)C=N1. The van der Waals surface area contributed by atoms with Crippen molar-refractivity contribution in [1.29, 1.82) is 0 Å². The van der Waals surface area contributed by atoms with Crippen molar-refractivity contribution < 1.29 is 9.53 Å². The van der Waals surface area contributed by atoms with Crippen molar-refractivity contribution in [2.24, 2.45) is 10.9 Å². The zero-order chi connectivity index (χ0) is 28.1. The van der Waals surface area contributed by atoms with E-state index in [0.29, 0.717) is 17.3 Å². The molecule has 1 saturated heterocycles. The number of rotatable bonds is 6. The number of hydrogen-bond acceptors (Lipinski definition) is 8. The van der Waals surface area contributed by atoms with Crippen LogP contribution < -0.4 is 15.4 Å². The van der Waals surface area contributed by atoms with Crippen molar-refractivity contribution in [3.05, 3.63) is 84.6 Å². The van der Waals surface area contributed by atoms with Gasteiger partial charge in [-0.15, -0.1) is 0 Å². The minimum atomic E-state index is 0.0329. The van der Waals surface area contributed by atoms with E-state index < -0.39 is 0 Å². The topological polar surface area (TPSA) is 95.0 Å². The van der Waals surface area contributed by atoms with Gasteiger partial charge in [-0.3, -0.25) is 4.79 Å². The second kappa shape index (κ2) is 12.1. The number of carbonyl (C=O) groups is 1.